The van der Waals surface area contributed by atoms with Gasteiger partial charge in [-0.15, -0.1) is 11.3 Å². The largest absolute Gasteiger partial charge is 0.342 e. The van der Waals surface area contributed by atoms with Crippen molar-refractivity contribution in [3.8, 4) is 0 Å². The summed E-state index contributed by atoms with van der Waals surface area (Å²) in [5.41, 5.74) is 0.670. The van der Waals surface area contributed by atoms with Crippen molar-refractivity contribution in [1.82, 2.24) is 14.5 Å². The predicted octanol–water partition coefficient (Wildman–Crippen LogP) is 3.27. The van der Waals surface area contributed by atoms with E-state index in [9.17, 15) is 9.59 Å². The second-order valence-corrected chi connectivity index (χ2v) is 8.62. The fourth-order valence-electron chi connectivity index (χ4n) is 3.22. The Morgan fingerprint density at radius 2 is 2.12 bits per heavy atom. The van der Waals surface area contributed by atoms with Crippen LogP contribution in [0.4, 0.5) is 0 Å². The van der Waals surface area contributed by atoms with E-state index in [0.29, 0.717) is 21.4 Å². The number of thioether (sulfide) groups is 1. The van der Waals surface area contributed by atoms with Gasteiger partial charge in [-0.05, 0) is 31.2 Å². The number of thiophene rings is 1. The fourth-order valence-corrected chi connectivity index (χ4v) is 5.00. The molecule has 1 atom stereocenters. The zero-order valence-electron chi connectivity index (χ0n) is 14.3. The van der Waals surface area contributed by atoms with Gasteiger partial charge in [-0.2, -0.15) is 0 Å². The molecule has 3 rings (SSSR count). The first kappa shape index (κ1) is 17.5. The quantitative estimate of drug-likeness (QED) is 0.616. The van der Waals surface area contributed by atoms with Crippen LogP contribution in [0.3, 0.4) is 0 Å². The Hall–Kier alpha value is -1.34. The first-order chi connectivity index (χ1) is 11.5. The molecule has 0 aliphatic heterocycles. The van der Waals surface area contributed by atoms with Crippen molar-refractivity contribution in [2.75, 3.05) is 7.05 Å². The van der Waals surface area contributed by atoms with E-state index < -0.39 is 0 Å². The number of fused-ring (bicyclic) bond motifs is 1. The van der Waals surface area contributed by atoms with Crippen LogP contribution in [0.1, 0.15) is 39.0 Å². The minimum Gasteiger partial charge on any atom is -0.342 e. The molecule has 1 fully saturated rings. The summed E-state index contributed by atoms with van der Waals surface area (Å²) in [6.07, 6.45) is 5.87. The zero-order chi connectivity index (χ0) is 17.3. The molecule has 0 saturated heterocycles. The van der Waals surface area contributed by atoms with Crippen LogP contribution in [0.5, 0.6) is 0 Å². The molecule has 0 N–H and O–H groups in total. The summed E-state index contributed by atoms with van der Waals surface area (Å²) in [4.78, 5) is 31.6. The molecule has 5 nitrogen and oxygen atoms in total. The van der Waals surface area contributed by atoms with Gasteiger partial charge in [0.05, 0.1) is 10.8 Å². The lowest BCUT2D eigenvalue weighted by Crippen LogP contribution is -2.42. The Kier molecular flexibility index (Phi) is 5.30. The van der Waals surface area contributed by atoms with E-state index in [1.54, 1.807) is 11.6 Å². The molecule has 2 heterocycles. The summed E-state index contributed by atoms with van der Waals surface area (Å²) >= 11 is 2.77. The summed E-state index contributed by atoms with van der Waals surface area (Å²) in [6, 6.07) is 2.21. The first-order valence-corrected chi connectivity index (χ1v) is 10.1. The number of carbonyl (C=O) groups excluding carboxylic acids is 1. The van der Waals surface area contributed by atoms with E-state index in [0.717, 1.165) is 12.8 Å². The Labute approximate surface area is 150 Å². The average molecular weight is 366 g/mol. The van der Waals surface area contributed by atoms with Gasteiger partial charge in [-0.25, -0.2) is 4.98 Å². The van der Waals surface area contributed by atoms with Crippen molar-refractivity contribution < 1.29 is 4.79 Å². The summed E-state index contributed by atoms with van der Waals surface area (Å²) in [7, 11) is 3.63. The second-order valence-electron chi connectivity index (χ2n) is 6.39. The minimum atomic E-state index is -0.258. The van der Waals surface area contributed by atoms with E-state index in [4.69, 9.17) is 0 Å². The Morgan fingerprint density at radius 1 is 1.42 bits per heavy atom. The molecule has 0 spiro atoms. The molecule has 0 aromatic carbocycles. The number of nitrogens with zero attached hydrogens (tertiary/aromatic N) is 3. The lowest BCUT2D eigenvalue weighted by atomic mass is 9.94. The Morgan fingerprint density at radius 3 is 2.83 bits per heavy atom. The van der Waals surface area contributed by atoms with Crippen molar-refractivity contribution in [3.63, 3.8) is 0 Å². The van der Waals surface area contributed by atoms with Crippen LogP contribution in [-0.4, -0.2) is 38.7 Å². The van der Waals surface area contributed by atoms with Crippen LogP contribution >= 0.6 is 23.1 Å². The highest BCUT2D eigenvalue weighted by Gasteiger charge is 2.27. The number of hydrogen-bond acceptors (Lipinski definition) is 5. The third kappa shape index (κ3) is 3.37. The molecule has 24 heavy (non-hydrogen) atoms. The lowest BCUT2D eigenvalue weighted by Gasteiger charge is -2.32. The van der Waals surface area contributed by atoms with Gasteiger partial charge in [0.2, 0.25) is 5.91 Å². The third-order valence-corrected chi connectivity index (χ3v) is 6.77. The maximum absolute atomic E-state index is 12.7. The van der Waals surface area contributed by atoms with Gasteiger partial charge in [0.1, 0.15) is 4.70 Å². The van der Waals surface area contributed by atoms with Gasteiger partial charge < -0.3 is 4.90 Å². The highest BCUT2D eigenvalue weighted by Crippen LogP contribution is 2.27. The third-order valence-electron chi connectivity index (χ3n) is 4.75. The molecule has 1 aliphatic rings. The summed E-state index contributed by atoms with van der Waals surface area (Å²) < 4.78 is 2.22. The highest BCUT2D eigenvalue weighted by molar-refractivity contribution is 8.00. The van der Waals surface area contributed by atoms with Crippen molar-refractivity contribution in [1.29, 1.82) is 0 Å². The lowest BCUT2D eigenvalue weighted by molar-refractivity contribution is -0.131. The summed E-state index contributed by atoms with van der Waals surface area (Å²) in [5, 5.41) is 2.22. The molecular formula is C17H23N3O2S2. The molecule has 0 bridgehead atoms. The minimum absolute atomic E-state index is 0.0437. The maximum atomic E-state index is 12.7. The van der Waals surface area contributed by atoms with Crippen molar-refractivity contribution in [2.24, 2.45) is 7.05 Å². The van der Waals surface area contributed by atoms with Crippen molar-refractivity contribution in [3.05, 3.63) is 21.8 Å². The molecular weight excluding hydrogens is 342 g/mol. The van der Waals surface area contributed by atoms with Gasteiger partial charge in [-0.1, -0.05) is 31.0 Å². The smallest absolute Gasteiger partial charge is 0.271 e. The van der Waals surface area contributed by atoms with Crippen LogP contribution in [0, 0.1) is 0 Å². The molecule has 1 amide bonds. The van der Waals surface area contributed by atoms with E-state index in [2.05, 4.69) is 4.98 Å². The normalized spacial score (nSPS) is 17.1. The standard InChI is InChI=1S/C17H23N3O2S2/c1-11(15(21)19(2)12-7-5-4-6-8-12)24-17-18-13-9-10-23-14(13)16(22)20(17)3/h9-12H,4-8H2,1-3H3/t11-/m0/s1. The predicted molar refractivity (Wildman–Crippen MR) is 99.8 cm³/mol. The van der Waals surface area contributed by atoms with Gasteiger partial charge in [-0.3, -0.25) is 14.2 Å². The average Bonchev–Trinajstić information content (AvgIpc) is 3.07. The number of amides is 1. The van der Waals surface area contributed by atoms with E-state index in [1.165, 1.54) is 42.4 Å². The molecule has 2 aromatic rings. The molecule has 2 aromatic heterocycles. The van der Waals surface area contributed by atoms with Gasteiger partial charge in [0.15, 0.2) is 5.16 Å². The van der Waals surface area contributed by atoms with E-state index in [-0.39, 0.29) is 16.7 Å². The molecule has 130 valence electrons. The molecule has 0 unspecified atom stereocenters. The van der Waals surface area contributed by atoms with Crippen LogP contribution in [0.15, 0.2) is 21.4 Å². The van der Waals surface area contributed by atoms with Crippen LogP contribution in [-0.2, 0) is 11.8 Å². The molecule has 1 saturated carbocycles. The monoisotopic (exact) mass is 365 g/mol. The number of aromatic nitrogens is 2. The van der Waals surface area contributed by atoms with Crippen LogP contribution < -0.4 is 5.56 Å². The number of hydrogen-bond donors (Lipinski definition) is 0. The summed E-state index contributed by atoms with van der Waals surface area (Å²) in [6.45, 7) is 1.90. The number of rotatable bonds is 4. The second kappa shape index (κ2) is 7.27. The topological polar surface area (TPSA) is 55.2 Å². The van der Waals surface area contributed by atoms with Crippen molar-refractivity contribution in [2.45, 2.75) is 55.5 Å². The highest BCUT2D eigenvalue weighted by atomic mass is 32.2. The van der Waals surface area contributed by atoms with E-state index >= 15 is 0 Å². The molecule has 0 radical (unpaired) electrons. The SMILES string of the molecule is C[C@H](Sc1nc2ccsc2c(=O)n1C)C(=O)N(C)C1CCCCC1. The molecule has 7 heteroatoms. The van der Waals surface area contributed by atoms with Crippen LogP contribution in [0.2, 0.25) is 0 Å². The van der Waals surface area contributed by atoms with Gasteiger partial charge >= 0.3 is 0 Å². The van der Waals surface area contributed by atoms with Crippen LogP contribution in [0.25, 0.3) is 10.2 Å². The Balaban J connectivity index is 1.76. The van der Waals surface area contributed by atoms with Crippen molar-refractivity contribution >= 4 is 39.2 Å². The summed E-state index contributed by atoms with van der Waals surface area (Å²) in [5.74, 6) is 0.117. The molecule has 1 aliphatic carbocycles. The van der Waals surface area contributed by atoms with E-state index in [1.807, 2.05) is 30.3 Å². The Bertz CT molecular complexity index is 793. The maximum Gasteiger partial charge on any atom is 0.271 e. The first-order valence-electron chi connectivity index (χ1n) is 8.36. The fraction of sp³-hybridized carbons (Fsp3) is 0.588. The van der Waals surface area contributed by atoms with Gasteiger partial charge in [0, 0.05) is 20.1 Å². The zero-order valence-corrected chi connectivity index (χ0v) is 16.0. The number of carbonyl (C=O) groups is 1. The van der Waals surface area contributed by atoms with Gasteiger partial charge in [0.25, 0.3) is 5.56 Å².